The van der Waals surface area contributed by atoms with Crippen LogP contribution in [0.25, 0.3) is 0 Å². The zero-order valence-corrected chi connectivity index (χ0v) is 19.2. The highest BCUT2D eigenvalue weighted by molar-refractivity contribution is 7.10. The molecule has 0 aromatic carbocycles. The molecule has 1 aromatic heterocycles. The van der Waals surface area contributed by atoms with Crippen molar-refractivity contribution < 1.29 is 19.5 Å². The highest BCUT2D eigenvalue weighted by Gasteiger charge is 2.37. The van der Waals surface area contributed by atoms with Crippen LogP contribution in [0.2, 0.25) is 0 Å². The molecule has 1 aromatic rings. The highest BCUT2D eigenvalue weighted by atomic mass is 32.1. The van der Waals surface area contributed by atoms with Gasteiger partial charge in [0.05, 0.1) is 17.4 Å². The molecule has 2 aliphatic rings. The quantitative estimate of drug-likeness (QED) is 0.495. The summed E-state index contributed by atoms with van der Waals surface area (Å²) in [5.41, 5.74) is 9.01. The number of carboxylic acid groups (broad SMARTS) is 1. The molecule has 0 fully saturated rings. The first-order valence-corrected chi connectivity index (χ1v) is 11.4. The van der Waals surface area contributed by atoms with Crippen molar-refractivity contribution in [3.63, 3.8) is 0 Å². The molecule has 3 atom stereocenters. The molecule has 2 aliphatic carbocycles. The van der Waals surface area contributed by atoms with E-state index < -0.39 is 23.7 Å². The summed E-state index contributed by atoms with van der Waals surface area (Å²) >= 11 is 1.61. The van der Waals surface area contributed by atoms with E-state index in [2.05, 4.69) is 31.6 Å². The van der Waals surface area contributed by atoms with Gasteiger partial charge in [0.2, 0.25) is 5.91 Å². The summed E-state index contributed by atoms with van der Waals surface area (Å²) < 4.78 is 0. The van der Waals surface area contributed by atoms with Crippen molar-refractivity contribution in [1.82, 2.24) is 10.9 Å². The van der Waals surface area contributed by atoms with E-state index in [1.165, 1.54) is 4.88 Å². The fourth-order valence-corrected chi connectivity index (χ4v) is 5.71. The van der Waals surface area contributed by atoms with Crippen molar-refractivity contribution in [3.8, 4) is 0 Å². The van der Waals surface area contributed by atoms with Gasteiger partial charge in [0.25, 0.3) is 5.91 Å². The number of hydrazine groups is 1. The lowest BCUT2D eigenvalue weighted by molar-refractivity contribution is -0.147. The van der Waals surface area contributed by atoms with Gasteiger partial charge < -0.3 is 5.11 Å². The third kappa shape index (κ3) is 4.61. The average Bonchev–Trinajstić information content (AvgIpc) is 3.10. The number of carbonyl (C=O) groups is 3. The molecule has 7 heteroatoms. The molecule has 0 radical (unpaired) electrons. The van der Waals surface area contributed by atoms with Crippen molar-refractivity contribution in [2.24, 2.45) is 23.2 Å². The number of thiophene rings is 1. The Morgan fingerprint density at radius 3 is 2.27 bits per heavy atom. The number of fused-ring (bicyclic) bond motifs is 1. The minimum absolute atomic E-state index is 0.240. The summed E-state index contributed by atoms with van der Waals surface area (Å²) in [6.07, 6.45) is 3.65. The van der Waals surface area contributed by atoms with Crippen LogP contribution in [0.3, 0.4) is 0 Å². The minimum Gasteiger partial charge on any atom is -0.481 e. The molecule has 2 amide bonds. The topological polar surface area (TPSA) is 95.5 Å². The van der Waals surface area contributed by atoms with E-state index >= 15 is 0 Å². The van der Waals surface area contributed by atoms with Crippen molar-refractivity contribution in [2.45, 2.75) is 66.7 Å². The third-order valence-electron chi connectivity index (χ3n) is 6.84. The molecule has 0 bridgehead atoms. The van der Waals surface area contributed by atoms with Gasteiger partial charge in [-0.3, -0.25) is 25.2 Å². The molecule has 30 heavy (non-hydrogen) atoms. The molecule has 1 heterocycles. The molecule has 3 N–H and O–H groups in total. The number of carboxylic acids is 1. The SMILES string of the molecule is CC1=C(C)C[C@@H](C(=O)NNC(=O)c2csc3c2CC[C@H](C(C)(C)C)C3)[C@H](C(=O)O)C1. The predicted molar refractivity (Wildman–Crippen MR) is 117 cm³/mol. The third-order valence-corrected chi connectivity index (χ3v) is 7.90. The molecule has 0 unspecified atom stereocenters. The molecule has 3 rings (SSSR count). The van der Waals surface area contributed by atoms with Crippen molar-refractivity contribution in [3.05, 3.63) is 32.5 Å². The van der Waals surface area contributed by atoms with E-state index in [1.54, 1.807) is 11.3 Å². The number of nitrogens with one attached hydrogen (secondary N) is 2. The molecule has 6 nitrogen and oxygen atoms in total. The number of rotatable bonds is 3. The monoisotopic (exact) mass is 432 g/mol. The molecular formula is C23H32N2O4S. The van der Waals surface area contributed by atoms with Crippen LogP contribution in [0, 0.1) is 23.2 Å². The second-order valence-electron chi connectivity index (χ2n) is 9.82. The van der Waals surface area contributed by atoms with Crippen LogP contribution >= 0.6 is 11.3 Å². The van der Waals surface area contributed by atoms with Gasteiger partial charge >= 0.3 is 5.97 Å². The fraction of sp³-hybridized carbons (Fsp3) is 0.609. The molecule has 0 spiro atoms. The number of aliphatic carboxylic acids is 1. The van der Waals surface area contributed by atoms with Crippen LogP contribution in [0.15, 0.2) is 16.5 Å². The maximum atomic E-state index is 12.7. The Hall–Kier alpha value is -2.15. The van der Waals surface area contributed by atoms with E-state index in [9.17, 15) is 19.5 Å². The van der Waals surface area contributed by atoms with Gasteiger partial charge in [0.15, 0.2) is 0 Å². The van der Waals surface area contributed by atoms with Crippen LogP contribution in [-0.4, -0.2) is 22.9 Å². The lowest BCUT2D eigenvalue weighted by Gasteiger charge is -2.34. The summed E-state index contributed by atoms with van der Waals surface area (Å²) in [5, 5.41) is 11.4. The maximum Gasteiger partial charge on any atom is 0.307 e. The Morgan fingerprint density at radius 1 is 1.03 bits per heavy atom. The number of hydrogen-bond donors (Lipinski definition) is 3. The summed E-state index contributed by atoms with van der Waals surface area (Å²) in [5.74, 6) is -2.61. The minimum atomic E-state index is -0.978. The van der Waals surface area contributed by atoms with E-state index in [1.807, 2.05) is 19.2 Å². The lowest BCUT2D eigenvalue weighted by atomic mass is 9.72. The smallest absolute Gasteiger partial charge is 0.307 e. The molecule has 0 aliphatic heterocycles. The first kappa shape index (κ1) is 22.5. The molecule has 0 saturated carbocycles. The van der Waals surface area contributed by atoms with Crippen molar-refractivity contribution in [1.29, 1.82) is 0 Å². The van der Waals surface area contributed by atoms with Gasteiger partial charge in [-0.05, 0) is 62.8 Å². The number of amides is 2. The Labute approximate surface area is 182 Å². The van der Waals surface area contributed by atoms with E-state index in [0.717, 1.165) is 36.0 Å². The highest BCUT2D eigenvalue weighted by Crippen LogP contribution is 2.40. The second-order valence-corrected chi connectivity index (χ2v) is 10.8. The summed E-state index contributed by atoms with van der Waals surface area (Å²) in [6.45, 7) is 10.6. The zero-order valence-electron chi connectivity index (χ0n) is 18.4. The average molecular weight is 433 g/mol. The molecule has 0 saturated heterocycles. The predicted octanol–water partition coefficient (Wildman–Crippen LogP) is 4.11. The second kappa shape index (κ2) is 8.53. The summed E-state index contributed by atoms with van der Waals surface area (Å²) in [4.78, 5) is 38.3. The van der Waals surface area contributed by atoms with Crippen molar-refractivity contribution in [2.75, 3.05) is 0 Å². The Bertz CT molecular complexity index is 894. The largest absolute Gasteiger partial charge is 0.481 e. The molecular weight excluding hydrogens is 400 g/mol. The Balaban J connectivity index is 1.65. The number of allylic oxidation sites excluding steroid dienone is 2. The normalized spacial score (nSPS) is 24.2. The Kier molecular flexibility index (Phi) is 6.41. The van der Waals surface area contributed by atoms with Gasteiger partial charge in [-0.1, -0.05) is 31.9 Å². The van der Waals surface area contributed by atoms with Gasteiger partial charge in [0, 0.05) is 10.3 Å². The number of carbonyl (C=O) groups excluding carboxylic acids is 2. The standard InChI is InChI=1S/C23H32N2O4S/c1-12-8-16(17(22(28)29)9-13(12)2)20(26)24-25-21(27)18-11-30-19-10-14(23(3,4)5)6-7-15(18)19/h11,14,16-17H,6-10H2,1-5H3,(H,24,26)(H,25,27)(H,28,29)/t14-,16+,17+/m0/s1. The Morgan fingerprint density at radius 2 is 1.67 bits per heavy atom. The van der Waals surface area contributed by atoms with Gasteiger partial charge in [-0.25, -0.2) is 0 Å². The van der Waals surface area contributed by atoms with Crippen molar-refractivity contribution >= 4 is 29.1 Å². The van der Waals surface area contributed by atoms with Crippen LogP contribution in [0.1, 0.15) is 74.7 Å². The van der Waals surface area contributed by atoms with E-state index in [-0.39, 0.29) is 11.3 Å². The first-order chi connectivity index (χ1) is 14.0. The molecule has 164 valence electrons. The van der Waals surface area contributed by atoms with Crippen LogP contribution in [0.4, 0.5) is 0 Å². The lowest BCUT2D eigenvalue weighted by Crippen LogP contribution is -2.48. The fourth-order valence-electron chi connectivity index (χ4n) is 4.55. The summed E-state index contributed by atoms with van der Waals surface area (Å²) in [6, 6.07) is 0. The van der Waals surface area contributed by atoms with Gasteiger partial charge in [-0.2, -0.15) is 0 Å². The number of hydrogen-bond acceptors (Lipinski definition) is 4. The zero-order chi connectivity index (χ0) is 22.2. The maximum absolute atomic E-state index is 12.7. The van der Waals surface area contributed by atoms with E-state index in [4.69, 9.17) is 0 Å². The van der Waals surface area contributed by atoms with Gasteiger partial charge in [0.1, 0.15) is 0 Å². The van der Waals surface area contributed by atoms with Crippen LogP contribution < -0.4 is 10.9 Å². The van der Waals surface area contributed by atoms with Gasteiger partial charge in [-0.15, -0.1) is 11.3 Å². The van der Waals surface area contributed by atoms with Crippen LogP contribution in [-0.2, 0) is 22.4 Å². The van der Waals surface area contributed by atoms with Crippen LogP contribution in [0.5, 0.6) is 0 Å². The van der Waals surface area contributed by atoms with E-state index in [0.29, 0.717) is 24.3 Å². The first-order valence-electron chi connectivity index (χ1n) is 10.6. The summed E-state index contributed by atoms with van der Waals surface area (Å²) in [7, 11) is 0.